The number of anilines is 1. The lowest BCUT2D eigenvalue weighted by molar-refractivity contribution is 0.117. The van der Waals surface area contributed by atoms with Crippen molar-refractivity contribution in [3.05, 3.63) is 18.1 Å². The molecule has 1 fully saturated rings. The molecule has 0 aliphatic carbocycles. The predicted molar refractivity (Wildman–Crippen MR) is 92.4 cm³/mol. The van der Waals surface area contributed by atoms with Gasteiger partial charge in [0.25, 0.3) is 0 Å². The molecule has 9 nitrogen and oxygen atoms in total. The summed E-state index contributed by atoms with van der Waals surface area (Å²) < 4.78 is 16.2. The third-order valence-corrected chi connectivity index (χ3v) is 5.38. The van der Waals surface area contributed by atoms with Crippen molar-refractivity contribution in [2.75, 3.05) is 30.8 Å². The molecular formula is C13H20N5O4PS. The first kappa shape index (κ1) is 17.7. The number of aromatic nitrogens is 3. The summed E-state index contributed by atoms with van der Waals surface area (Å²) in [6, 6.07) is 0. The van der Waals surface area contributed by atoms with E-state index in [9.17, 15) is 4.57 Å². The molecule has 0 aromatic carbocycles. The van der Waals surface area contributed by atoms with Crippen molar-refractivity contribution in [3.63, 3.8) is 0 Å². The van der Waals surface area contributed by atoms with Gasteiger partial charge in [-0.25, -0.2) is 14.5 Å². The van der Waals surface area contributed by atoms with Gasteiger partial charge in [-0.3, -0.25) is 9.42 Å². The lowest BCUT2D eigenvalue weighted by atomic mass is 10.1. The number of nitrogens with one attached hydrogen (secondary N) is 1. The normalized spacial score (nSPS) is 22.5. The van der Waals surface area contributed by atoms with Crippen LogP contribution in [0.25, 0.3) is 11.0 Å². The van der Waals surface area contributed by atoms with E-state index in [4.69, 9.17) is 20.0 Å². The fourth-order valence-corrected chi connectivity index (χ4v) is 4.44. The standard InChI is InChI=1S/C13H20N5O4PS/c1-24-6-9-4-18(5-10(9)22-23(19,20)21)3-8-2-15-12-11(8)16-7-17-13(12)14/h2,7,9-10,15H,3-6H2,1H3,(H2,14,16,17)(H2,19,20,21)/t9-,10-/m1/s1. The molecule has 0 bridgehead atoms. The van der Waals surface area contributed by atoms with Crippen LogP contribution in [0.5, 0.6) is 0 Å². The second kappa shape index (κ2) is 6.99. The van der Waals surface area contributed by atoms with E-state index in [2.05, 4.69) is 19.9 Å². The van der Waals surface area contributed by atoms with Crippen LogP contribution in [0, 0.1) is 5.92 Å². The minimum absolute atomic E-state index is 0.0672. The van der Waals surface area contributed by atoms with E-state index < -0.39 is 13.9 Å². The van der Waals surface area contributed by atoms with Crippen LogP contribution in [0.15, 0.2) is 12.5 Å². The summed E-state index contributed by atoms with van der Waals surface area (Å²) in [5.41, 5.74) is 8.27. The Morgan fingerprint density at radius 2 is 2.29 bits per heavy atom. The number of nitrogen functional groups attached to an aromatic ring is 1. The van der Waals surface area contributed by atoms with Gasteiger partial charge >= 0.3 is 7.82 Å². The lowest BCUT2D eigenvalue weighted by Crippen LogP contribution is -2.23. The zero-order valence-corrected chi connectivity index (χ0v) is 14.8. The molecule has 3 heterocycles. The highest BCUT2D eigenvalue weighted by Crippen LogP contribution is 2.41. The van der Waals surface area contributed by atoms with E-state index in [0.717, 1.165) is 16.8 Å². The Balaban J connectivity index is 1.75. The highest BCUT2D eigenvalue weighted by molar-refractivity contribution is 7.98. The molecule has 132 valence electrons. The van der Waals surface area contributed by atoms with Gasteiger partial charge in [-0.1, -0.05) is 0 Å². The van der Waals surface area contributed by atoms with Crippen LogP contribution in [0.2, 0.25) is 0 Å². The second-order valence-corrected chi connectivity index (χ2v) is 7.94. The Morgan fingerprint density at radius 1 is 1.50 bits per heavy atom. The van der Waals surface area contributed by atoms with Crippen LogP contribution >= 0.6 is 19.6 Å². The van der Waals surface area contributed by atoms with Gasteiger partial charge in [-0.05, 0) is 12.0 Å². The van der Waals surface area contributed by atoms with Crippen LogP contribution in [0.1, 0.15) is 5.56 Å². The summed E-state index contributed by atoms with van der Waals surface area (Å²) in [5, 5.41) is 0. The summed E-state index contributed by atoms with van der Waals surface area (Å²) in [6.45, 7) is 1.77. The molecule has 1 aliphatic heterocycles. The molecule has 0 amide bonds. The van der Waals surface area contributed by atoms with Crippen molar-refractivity contribution in [2.45, 2.75) is 12.6 Å². The predicted octanol–water partition coefficient (Wildman–Crippen LogP) is 0.813. The van der Waals surface area contributed by atoms with Gasteiger partial charge in [0.2, 0.25) is 0 Å². The first-order valence-electron chi connectivity index (χ1n) is 7.39. The maximum absolute atomic E-state index is 11.2. The molecule has 1 aliphatic rings. The topological polar surface area (TPSA) is 138 Å². The van der Waals surface area contributed by atoms with E-state index in [-0.39, 0.29) is 5.92 Å². The number of H-pyrrole nitrogens is 1. The van der Waals surface area contributed by atoms with Gasteiger partial charge in [-0.2, -0.15) is 11.8 Å². The van der Waals surface area contributed by atoms with Crippen LogP contribution in [0.3, 0.4) is 0 Å². The quantitative estimate of drug-likeness (QED) is 0.542. The van der Waals surface area contributed by atoms with E-state index in [0.29, 0.717) is 31.0 Å². The van der Waals surface area contributed by atoms with Gasteiger partial charge in [0, 0.05) is 37.3 Å². The molecule has 2 aromatic heterocycles. The van der Waals surface area contributed by atoms with E-state index >= 15 is 0 Å². The minimum atomic E-state index is -4.50. The molecule has 2 atom stereocenters. The van der Waals surface area contributed by atoms with E-state index in [1.54, 1.807) is 11.8 Å². The number of rotatable bonds is 6. The molecular weight excluding hydrogens is 353 g/mol. The first-order chi connectivity index (χ1) is 11.4. The number of phosphoric acid groups is 1. The molecule has 0 unspecified atom stereocenters. The van der Waals surface area contributed by atoms with Crippen molar-refractivity contribution in [3.8, 4) is 0 Å². The molecule has 3 rings (SSSR count). The second-order valence-electron chi connectivity index (χ2n) is 5.84. The highest BCUT2D eigenvalue weighted by atomic mass is 32.2. The Labute approximate surface area is 143 Å². The number of thioether (sulfide) groups is 1. The zero-order chi connectivity index (χ0) is 17.3. The molecule has 24 heavy (non-hydrogen) atoms. The van der Waals surface area contributed by atoms with Gasteiger partial charge in [0.1, 0.15) is 11.8 Å². The molecule has 0 spiro atoms. The minimum Gasteiger partial charge on any atom is -0.382 e. The van der Waals surface area contributed by atoms with Crippen LogP contribution in [0.4, 0.5) is 5.82 Å². The smallest absolute Gasteiger partial charge is 0.382 e. The van der Waals surface area contributed by atoms with Crippen molar-refractivity contribution in [1.29, 1.82) is 0 Å². The van der Waals surface area contributed by atoms with E-state index in [1.807, 2.05) is 12.5 Å². The fourth-order valence-electron chi connectivity index (χ4n) is 3.10. The molecule has 0 saturated carbocycles. The van der Waals surface area contributed by atoms with Crippen molar-refractivity contribution < 1.29 is 18.9 Å². The summed E-state index contributed by atoms with van der Waals surface area (Å²) in [4.78, 5) is 31.6. The lowest BCUT2D eigenvalue weighted by Gasteiger charge is -2.18. The first-order valence-corrected chi connectivity index (χ1v) is 10.3. The highest BCUT2D eigenvalue weighted by Gasteiger charge is 2.37. The average molecular weight is 373 g/mol. The summed E-state index contributed by atoms with van der Waals surface area (Å²) in [7, 11) is -4.50. The Bertz CT molecular complexity index is 766. The van der Waals surface area contributed by atoms with Crippen LogP contribution in [-0.4, -0.2) is 60.8 Å². The Morgan fingerprint density at radius 3 is 3.00 bits per heavy atom. The number of nitrogens with zero attached hydrogens (tertiary/aromatic N) is 3. The summed E-state index contributed by atoms with van der Waals surface area (Å²) >= 11 is 1.64. The largest absolute Gasteiger partial charge is 0.469 e. The maximum Gasteiger partial charge on any atom is 0.469 e. The number of aromatic amines is 1. The van der Waals surface area contributed by atoms with Crippen LogP contribution in [-0.2, 0) is 15.6 Å². The number of hydrogen-bond acceptors (Lipinski definition) is 7. The monoisotopic (exact) mass is 373 g/mol. The van der Waals surface area contributed by atoms with Gasteiger partial charge in [-0.15, -0.1) is 0 Å². The third-order valence-electron chi connectivity index (χ3n) is 4.08. The number of hydrogen-bond donors (Lipinski definition) is 4. The third kappa shape index (κ3) is 3.90. The molecule has 0 radical (unpaired) electrons. The Kier molecular flexibility index (Phi) is 5.14. The van der Waals surface area contributed by atoms with E-state index in [1.165, 1.54) is 6.33 Å². The van der Waals surface area contributed by atoms with Crippen LogP contribution < -0.4 is 5.73 Å². The summed E-state index contributed by atoms with van der Waals surface area (Å²) in [6.07, 6.45) is 4.76. The number of nitrogens with two attached hydrogens (primary N) is 1. The average Bonchev–Trinajstić information content (AvgIpc) is 3.04. The zero-order valence-electron chi connectivity index (χ0n) is 13.1. The van der Waals surface area contributed by atoms with Crippen molar-refractivity contribution in [1.82, 2.24) is 19.9 Å². The molecule has 2 aromatic rings. The Hall–Kier alpha value is -1.16. The number of fused-ring (bicyclic) bond motifs is 1. The molecule has 5 N–H and O–H groups in total. The van der Waals surface area contributed by atoms with Gasteiger partial charge < -0.3 is 20.5 Å². The molecule has 11 heteroatoms. The maximum atomic E-state index is 11.2. The van der Waals surface area contributed by atoms with Crippen molar-refractivity contribution in [2.24, 2.45) is 5.92 Å². The molecule has 1 saturated heterocycles. The number of likely N-dealkylation sites (tertiary alicyclic amines) is 1. The number of phosphoric ester groups is 1. The van der Waals surface area contributed by atoms with Crippen molar-refractivity contribution >= 4 is 36.4 Å². The van der Waals surface area contributed by atoms with Gasteiger partial charge in [0.05, 0.1) is 11.6 Å². The summed E-state index contributed by atoms with van der Waals surface area (Å²) in [5.74, 6) is 1.25. The fraction of sp³-hybridized carbons (Fsp3) is 0.538. The SMILES string of the molecule is CSC[C@H]1CN(Cc2c[nH]c3c(N)ncnc23)C[C@H]1OP(=O)(O)O. The van der Waals surface area contributed by atoms with Gasteiger partial charge in [0.15, 0.2) is 5.82 Å².